The molecule has 7 nitrogen and oxygen atoms in total. The number of nitriles is 1. The number of piperidine rings is 1. The molecule has 0 saturated carbocycles. The lowest BCUT2D eigenvalue weighted by Crippen LogP contribution is -2.36. The topological polar surface area (TPSA) is 81.3 Å². The van der Waals surface area contributed by atoms with Crippen molar-refractivity contribution in [3.63, 3.8) is 0 Å². The molecule has 1 atom stereocenters. The van der Waals surface area contributed by atoms with Crippen molar-refractivity contribution < 1.29 is 0 Å². The van der Waals surface area contributed by atoms with Gasteiger partial charge in [-0.15, -0.1) is 0 Å². The highest BCUT2D eigenvalue weighted by atomic mass is 15.2. The summed E-state index contributed by atoms with van der Waals surface area (Å²) < 4.78 is 1.72. The summed E-state index contributed by atoms with van der Waals surface area (Å²) in [4.78, 5) is 7.35. The molecule has 0 amide bonds. The first-order valence-corrected chi connectivity index (χ1v) is 10.3. The molecule has 1 fully saturated rings. The van der Waals surface area contributed by atoms with Gasteiger partial charge in [0.25, 0.3) is 0 Å². The van der Waals surface area contributed by atoms with E-state index in [1.54, 1.807) is 10.7 Å². The van der Waals surface area contributed by atoms with Gasteiger partial charge in [0, 0.05) is 25.0 Å². The van der Waals surface area contributed by atoms with Crippen LogP contribution >= 0.6 is 0 Å². The highest BCUT2D eigenvalue weighted by Gasteiger charge is 2.26. The molecule has 5 heterocycles. The van der Waals surface area contributed by atoms with Gasteiger partial charge in [-0.2, -0.15) is 10.4 Å². The van der Waals surface area contributed by atoms with Gasteiger partial charge in [-0.1, -0.05) is 13.0 Å². The molecular formula is C22H25N7. The fourth-order valence-electron chi connectivity index (χ4n) is 4.55. The Morgan fingerprint density at radius 2 is 2.03 bits per heavy atom. The Hall–Kier alpha value is -3.11. The van der Waals surface area contributed by atoms with E-state index in [2.05, 4.69) is 45.8 Å². The summed E-state index contributed by atoms with van der Waals surface area (Å²) in [5.41, 5.74) is 5.09. The van der Waals surface area contributed by atoms with Crippen LogP contribution in [0.3, 0.4) is 0 Å². The highest BCUT2D eigenvalue weighted by molar-refractivity contribution is 5.74. The minimum Gasteiger partial charge on any atom is -0.367 e. The van der Waals surface area contributed by atoms with Crippen LogP contribution < -0.4 is 15.5 Å². The molecule has 0 radical (unpaired) electrons. The van der Waals surface area contributed by atoms with E-state index in [0.717, 1.165) is 56.0 Å². The van der Waals surface area contributed by atoms with Crippen LogP contribution in [0.4, 0.5) is 11.5 Å². The van der Waals surface area contributed by atoms with E-state index < -0.39 is 0 Å². The molecule has 0 unspecified atom stereocenters. The van der Waals surface area contributed by atoms with Crippen LogP contribution in [0.1, 0.15) is 42.6 Å². The number of rotatable bonds is 3. The molecule has 3 aromatic rings. The zero-order valence-corrected chi connectivity index (χ0v) is 16.6. The predicted octanol–water partition coefficient (Wildman–Crippen LogP) is 2.89. The normalized spacial score (nSPS) is 19.7. The summed E-state index contributed by atoms with van der Waals surface area (Å²) >= 11 is 0. The summed E-state index contributed by atoms with van der Waals surface area (Å²) in [7, 11) is 0. The Kier molecular flexibility index (Phi) is 4.57. The lowest BCUT2D eigenvalue weighted by Gasteiger charge is -2.35. The second-order valence-electron chi connectivity index (χ2n) is 8.03. The van der Waals surface area contributed by atoms with E-state index in [4.69, 9.17) is 4.98 Å². The maximum absolute atomic E-state index is 9.33. The van der Waals surface area contributed by atoms with Crippen molar-refractivity contribution in [2.45, 2.75) is 38.3 Å². The second-order valence-corrected chi connectivity index (χ2v) is 8.03. The van der Waals surface area contributed by atoms with Crippen LogP contribution in [-0.2, 0) is 6.54 Å². The van der Waals surface area contributed by atoms with Crippen LogP contribution in [0.25, 0.3) is 5.52 Å². The molecule has 0 bridgehead atoms. The maximum Gasteiger partial charge on any atom is 0.142 e. The van der Waals surface area contributed by atoms with Gasteiger partial charge < -0.3 is 15.5 Å². The number of anilines is 2. The molecule has 1 saturated heterocycles. The fraction of sp³-hybridized carbons (Fsp3) is 0.409. The molecule has 5 rings (SSSR count). The van der Waals surface area contributed by atoms with Crippen LogP contribution in [0.2, 0.25) is 0 Å². The first-order chi connectivity index (χ1) is 14.2. The average Bonchev–Trinajstić information content (AvgIpc) is 3.24. The molecule has 2 aliphatic rings. The third-order valence-corrected chi connectivity index (χ3v) is 6.01. The summed E-state index contributed by atoms with van der Waals surface area (Å²) in [6.07, 6.45) is 4.03. The second kappa shape index (κ2) is 7.37. The third-order valence-electron chi connectivity index (χ3n) is 6.01. The Balaban J connectivity index is 1.41. The lowest BCUT2D eigenvalue weighted by atomic mass is 9.95. The number of nitrogens with one attached hydrogen (secondary N) is 2. The summed E-state index contributed by atoms with van der Waals surface area (Å²) in [6.45, 7) is 6.09. The molecule has 29 heavy (non-hydrogen) atoms. The quantitative estimate of drug-likeness (QED) is 0.719. The summed E-state index contributed by atoms with van der Waals surface area (Å²) in [5.74, 6) is 1.32. The van der Waals surface area contributed by atoms with Gasteiger partial charge in [-0.3, -0.25) is 0 Å². The zero-order valence-electron chi connectivity index (χ0n) is 16.6. The first kappa shape index (κ1) is 18.0. The van der Waals surface area contributed by atoms with Crippen molar-refractivity contribution in [3.8, 4) is 6.07 Å². The molecule has 0 spiro atoms. The smallest absolute Gasteiger partial charge is 0.142 e. The SMILES string of the molecule is C[C@@H]1CN(c2ccc(C#N)n3nccc23)Cc2ccc(NC3CCNCC3)nc21. The monoisotopic (exact) mass is 387 g/mol. The Labute approximate surface area is 170 Å². The van der Waals surface area contributed by atoms with Crippen LogP contribution in [0.5, 0.6) is 0 Å². The van der Waals surface area contributed by atoms with Crippen LogP contribution in [-0.4, -0.2) is 40.3 Å². The van der Waals surface area contributed by atoms with E-state index >= 15 is 0 Å². The van der Waals surface area contributed by atoms with Gasteiger partial charge in [0.15, 0.2) is 0 Å². The molecule has 3 aromatic heterocycles. The zero-order chi connectivity index (χ0) is 19.8. The van der Waals surface area contributed by atoms with Gasteiger partial charge in [-0.05, 0) is 55.8 Å². The van der Waals surface area contributed by atoms with Gasteiger partial charge in [0.2, 0.25) is 0 Å². The van der Waals surface area contributed by atoms with E-state index in [0.29, 0.717) is 17.7 Å². The van der Waals surface area contributed by atoms with Crippen LogP contribution in [0, 0.1) is 11.3 Å². The highest BCUT2D eigenvalue weighted by Crippen LogP contribution is 2.33. The minimum absolute atomic E-state index is 0.326. The van der Waals surface area contributed by atoms with Crippen LogP contribution in [0.15, 0.2) is 36.5 Å². The summed E-state index contributed by atoms with van der Waals surface area (Å²) in [5, 5.41) is 20.7. The predicted molar refractivity (Wildman–Crippen MR) is 113 cm³/mol. The number of hydrogen-bond donors (Lipinski definition) is 2. The largest absolute Gasteiger partial charge is 0.367 e. The van der Waals surface area contributed by atoms with E-state index in [1.807, 2.05) is 18.2 Å². The summed E-state index contributed by atoms with van der Waals surface area (Å²) in [6, 6.07) is 12.9. The number of nitrogens with zero attached hydrogens (tertiary/aromatic N) is 5. The molecule has 7 heteroatoms. The first-order valence-electron chi connectivity index (χ1n) is 10.3. The van der Waals surface area contributed by atoms with Crippen molar-refractivity contribution in [1.29, 1.82) is 5.26 Å². The Morgan fingerprint density at radius 1 is 1.17 bits per heavy atom. The minimum atomic E-state index is 0.326. The molecule has 0 aromatic carbocycles. The maximum atomic E-state index is 9.33. The molecule has 148 valence electrons. The molecule has 2 aliphatic heterocycles. The third kappa shape index (κ3) is 3.30. The Bertz CT molecular complexity index is 1070. The van der Waals surface area contributed by atoms with Crippen molar-refractivity contribution in [2.75, 3.05) is 29.9 Å². The van der Waals surface area contributed by atoms with Gasteiger partial charge in [0.05, 0.1) is 23.1 Å². The van der Waals surface area contributed by atoms with E-state index in [-0.39, 0.29) is 0 Å². The fourth-order valence-corrected chi connectivity index (χ4v) is 4.55. The Morgan fingerprint density at radius 3 is 2.86 bits per heavy atom. The van der Waals surface area contributed by atoms with Crippen molar-refractivity contribution in [1.82, 2.24) is 19.9 Å². The van der Waals surface area contributed by atoms with Gasteiger partial charge in [-0.25, -0.2) is 9.50 Å². The molecule has 2 N–H and O–H groups in total. The molecular weight excluding hydrogens is 362 g/mol. The van der Waals surface area contributed by atoms with E-state index in [9.17, 15) is 5.26 Å². The van der Waals surface area contributed by atoms with E-state index in [1.165, 1.54) is 11.3 Å². The van der Waals surface area contributed by atoms with Crippen molar-refractivity contribution in [3.05, 3.63) is 53.5 Å². The van der Waals surface area contributed by atoms with Crippen molar-refractivity contribution in [2.24, 2.45) is 0 Å². The van der Waals surface area contributed by atoms with Gasteiger partial charge >= 0.3 is 0 Å². The number of hydrogen-bond acceptors (Lipinski definition) is 6. The lowest BCUT2D eigenvalue weighted by molar-refractivity contribution is 0.478. The number of aromatic nitrogens is 3. The van der Waals surface area contributed by atoms with Crippen molar-refractivity contribution >= 4 is 17.0 Å². The average molecular weight is 387 g/mol. The van der Waals surface area contributed by atoms with Gasteiger partial charge in [0.1, 0.15) is 17.6 Å². The standard InChI is InChI=1S/C22H25N7/c1-15-13-28(19-4-3-18(12-23)29-20(19)8-11-25-29)14-16-2-5-21(27-22(15)16)26-17-6-9-24-10-7-17/h2-5,8,11,15,17,24H,6-7,9-10,13-14H2,1H3,(H,26,27)/t15-/m1/s1. The number of pyridine rings is 2. The molecule has 0 aliphatic carbocycles. The number of fused-ring (bicyclic) bond motifs is 2.